The zero-order valence-corrected chi connectivity index (χ0v) is 69.8. The predicted octanol–water partition coefficient (Wildman–Crippen LogP) is 30.0. The third-order valence-electron chi connectivity index (χ3n) is 25.5. The van der Waals surface area contributed by atoms with E-state index in [1.54, 1.807) is 6.20 Å². The number of rotatable bonds is 10. The molecule has 0 spiro atoms. The van der Waals surface area contributed by atoms with Crippen LogP contribution >= 0.6 is 0 Å². The van der Waals surface area contributed by atoms with Gasteiger partial charge in [-0.15, -0.1) is 0 Å². The SMILES string of the molecule is c1ccc(-c2c3ccccc3nc3c2ccc2ccc(-c4ccc(-c5ccc6ncccc6c5)cc4)nc23)cc1.c1ccc(-c2c3ccccc3nc3c2ccc2ccc(-c4ccc(-c5ccc6ncccc6n5)cc4)nc23)cc1.c1ccc(-c2c3ccccc3nc3c2ccc2ccc(-c4ccc5c(c4)C(c4ccccc4)(c4ccccc4)c4ccccc4-5)nc23)cc1. The van der Waals surface area contributed by atoms with Gasteiger partial charge in [0.15, 0.2) is 0 Å². The van der Waals surface area contributed by atoms with Crippen molar-refractivity contribution >= 4 is 120 Å². The maximum atomic E-state index is 5.42. The highest BCUT2D eigenvalue weighted by Gasteiger charge is 2.46. The molecule has 1 aliphatic rings. The molecule has 0 unspecified atom stereocenters. The Morgan fingerprint density at radius 1 is 0.163 bits per heavy atom. The van der Waals surface area contributed by atoms with Crippen LogP contribution in [0, 0.1) is 0 Å². The zero-order valence-electron chi connectivity index (χ0n) is 69.8. The molecule has 1 aliphatic carbocycles. The van der Waals surface area contributed by atoms with E-state index in [4.69, 9.17) is 34.9 Å². The Balaban J connectivity index is 0.000000108. The number of aromatic nitrogens is 9. The second-order valence-electron chi connectivity index (χ2n) is 32.9. The number of benzene rings is 16. The molecule has 0 saturated heterocycles. The monoisotopic (exact) mass is 1640 g/mol. The van der Waals surface area contributed by atoms with E-state index in [0.29, 0.717) is 0 Å². The smallest absolute Gasteiger partial charge is 0.0978 e. The first-order valence-electron chi connectivity index (χ1n) is 43.6. The van der Waals surface area contributed by atoms with Gasteiger partial charge in [0, 0.05) is 105 Å². The van der Waals surface area contributed by atoms with Crippen LogP contribution in [0.1, 0.15) is 22.3 Å². The molecule has 26 rings (SSSR count). The summed E-state index contributed by atoms with van der Waals surface area (Å²) in [6.07, 6.45) is 3.62. The first-order valence-corrected chi connectivity index (χ1v) is 43.6. The second kappa shape index (κ2) is 31.8. The molecule has 0 fully saturated rings. The normalized spacial score (nSPS) is 12.1. The van der Waals surface area contributed by atoms with Crippen LogP contribution in [0.25, 0.3) is 221 Å². The topological polar surface area (TPSA) is 116 Å². The maximum absolute atomic E-state index is 5.42. The van der Waals surface area contributed by atoms with E-state index < -0.39 is 5.41 Å². The maximum Gasteiger partial charge on any atom is 0.0978 e. The van der Waals surface area contributed by atoms with Crippen LogP contribution < -0.4 is 0 Å². The summed E-state index contributed by atoms with van der Waals surface area (Å²) >= 11 is 0. The Hall–Kier alpha value is -17.3. The van der Waals surface area contributed by atoms with E-state index >= 15 is 0 Å². The van der Waals surface area contributed by atoms with E-state index in [1.807, 2.05) is 48.7 Å². The molecule has 9 heterocycles. The average molecular weight is 1640 g/mol. The van der Waals surface area contributed by atoms with Gasteiger partial charge in [0.25, 0.3) is 0 Å². The van der Waals surface area contributed by atoms with E-state index in [1.165, 1.54) is 77.9 Å². The summed E-state index contributed by atoms with van der Waals surface area (Å²) in [4.78, 5) is 44.9. The van der Waals surface area contributed by atoms with Crippen LogP contribution in [-0.4, -0.2) is 44.9 Å². The molecule has 25 aromatic rings. The van der Waals surface area contributed by atoms with Crippen LogP contribution in [0.4, 0.5) is 0 Å². The number of pyridine rings is 9. The second-order valence-corrected chi connectivity index (χ2v) is 32.9. The first-order chi connectivity index (χ1) is 63.9. The molecule has 9 aromatic heterocycles. The van der Waals surface area contributed by atoms with Crippen LogP contribution in [-0.2, 0) is 5.41 Å². The van der Waals surface area contributed by atoms with Crippen molar-refractivity contribution in [3.05, 3.63) is 477 Å². The van der Waals surface area contributed by atoms with Crippen molar-refractivity contribution in [3.63, 3.8) is 0 Å². The third kappa shape index (κ3) is 13.3. The van der Waals surface area contributed by atoms with Crippen molar-refractivity contribution in [3.8, 4) is 101 Å². The summed E-state index contributed by atoms with van der Waals surface area (Å²) in [6, 6.07) is 156. The van der Waals surface area contributed by atoms with Crippen molar-refractivity contribution < 1.29 is 0 Å². The molecule has 0 radical (unpaired) electrons. The minimum absolute atomic E-state index is 0.459. The van der Waals surface area contributed by atoms with Crippen LogP contribution in [0.5, 0.6) is 0 Å². The molecule has 16 aromatic carbocycles. The Bertz CT molecular complexity index is 8360. The number of para-hydroxylation sites is 3. The highest BCUT2D eigenvalue weighted by atomic mass is 14.8. The van der Waals surface area contributed by atoms with Gasteiger partial charge < -0.3 is 0 Å². The minimum atomic E-state index is -0.459. The number of fused-ring (bicyclic) bond motifs is 17. The summed E-state index contributed by atoms with van der Waals surface area (Å²) in [5.74, 6) is 0. The fourth-order valence-corrected chi connectivity index (χ4v) is 19.5. The molecule has 0 N–H and O–H groups in total. The molecule has 9 heteroatoms. The summed E-state index contributed by atoms with van der Waals surface area (Å²) < 4.78 is 0. The van der Waals surface area contributed by atoms with Crippen molar-refractivity contribution in [1.29, 1.82) is 0 Å². The highest BCUT2D eigenvalue weighted by Crippen LogP contribution is 2.57. The van der Waals surface area contributed by atoms with Gasteiger partial charge in [-0.25, -0.2) is 34.9 Å². The molecule has 0 aliphatic heterocycles. The van der Waals surface area contributed by atoms with Crippen molar-refractivity contribution in [2.75, 3.05) is 0 Å². The van der Waals surface area contributed by atoms with Gasteiger partial charge in [-0.1, -0.05) is 358 Å². The summed E-state index contributed by atoms with van der Waals surface area (Å²) in [5.41, 5.74) is 35.9. The Labute approximate surface area is 743 Å². The van der Waals surface area contributed by atoms with E-state index in [-0.39, 0.29) is 0 Å². The fourth-order valence-electron chi connectivity index (χ4n) is 19.5. The lowest BCUT2D eigenvalue weighted by Gasteiger charge is -2.34. The molecule has 0 bridgehead atoms. The molecule has 0 saturated carbocycles. The van der Waals surface area contributed by atoms with Crippen LogP contribution in [0.15, 0.2) is 455 Å². The number of hydrogen-bond donors (Lipinski definition) is 0. The molecule has 129 heavy (non-hydrogen) atoms. The molecule has 9 nitrogen and oxygen atoms in total. The van der Waals surface area contributed by atoms with Gasteiger partial charge >= 0.3 is 0 Å². The summed E-state index contributed by atoms with van der Waals surface area (Å²) in [5, 5.41) is 11.1. The Morgan fingerprint density at radius 2 is 0.512 bits per heavy atom. The van der Waals surface area contributed by atoms with Gasteiger partial charge in [0.05, 0.1) is 94.4 Å². The van der Waals surface area contributed by atoms with Crippen molar-refractivity contribution in [1.82, 2.24) is 44.9 Å². The average Bonchev–Trinajstić information content (AvgIpc) is 1.57. The highest BCUT2D eigenvalue weighted by molar-refractivity contribution is 6.19. The quantitative estimate of drug-likeness (QED) is 0.0975. The Morgan fingerprint density at radius 3 is 0.992 bits per heavy atom. The Kier molecular flexibility index (Phi) is 18.6. The van der Waals surface area contributed by atoms with E-state index in [2.05, 4.69) is 410 Å². The fraction of sp³-hybridized carbons (Fsp3) is 0.00833. The summed E-state index contributed by atoms with van der Waals surface area (Å²) in [7, 11) is 0. The molecular formula is C120H75N9. The zero-order chi connectivity index (χ0) is 85.3. The molecule has 600 valence electrons. The number of nitrogens with zero attached hydrogens (tertiary/aromatic N) is 9. The molecular weight excluding hydrogens is 1570 g/mol. The number of hydrogen-bond acceptors (Lipinski definition) is 9. The van der Waals surface area contributed by atoms with Gasteiger partial charge in [-0.05, 0) is 146 Å². The van der Waals surface area contributed by atoms with Crippen LogP contribution in [0.3, 0.4) is 0 Å². The van der Waals surface area contributed by atoms with Gasteiger partial charge in [0.1, 0.15) is 0 Å². The standard InChI is InChI=1S/C47H30N2.C37H23N3.C36H22N4/c1-4-14-31(15-5-1)44-38-21-11-13-23-43(38)49-46-39(44)28-24-32-26-29-42(48-45(32)46)33-25-27-37-36-20-10-12-22-40(36)47(41(37)30-33,34-16-6-2-7-17-34)35-18-8-3-9-19-35;1-2-7-26(8-3-1)35-30-10-4-5-11-34(30)40-37-31(35)19-16-27-17-21-33(39-36(27)37)25-14-12-24(13-15-25)28-18-20-32-29(23-28)9-6-22-38-32;1-2-7-25(8-3-1)34-27-9-4-5-10-31(27)40-36-28(34)18-16-26-17-19-30(39-35(26)36)24-14-12-23(13-15-24)29-20-21-32-33(38-29)11-6-22-37-32/h1-30H;1-23H;1-22H. The van der Waals surface area contributed by atoms with Crippen LogP contribution in [0.2, 0.25) is 0 Å². The van der Waals surface area contributed by atoms with Gasteiger partial charge in [-0.2, -0.15) is 0 Å². The third-order valence-corrected chi connectivity index (χ3v) is 25.5. The molecule has 0 amide bonds. The summed E-state index contributed by atoms with van der Waals surface area (Å²) in [6.45, 7) is 0. The van der Waals surface area contributed by atoms with Crippen molar-refractivity contribution in [2.24, 2.45) is 0 Å². The largest absolute Gasteiger partial charge is 0.256 e. The lowest BCUT2D eigenvalue weighted by atomic mass is 9.67. The van der Waals surface area contributed by atoms with Gasteiger partial charge in [-0.3, -0.25) is 9.97 Å². The predicted molar refractivity (Wildman–Crippen MR) is 533 cm³/mol. The first kappa shape index (κ1) is 75.5. The lowest BCUT2D eigenvalue weighted by Crippen LogP contribution is -2.28. The molecule has 0 atom stereocenters. The lowest BCUT2D eigenvalue weighted by molar-refractivity contribution is 0.768. The van der Waals surface area contributed by atoms with E-state index in [0.717, 1.165) is 165 Å². The minimum Gasteiger partial charge on any atom is -0.256 e. The van der Waals surface area contributed by atoms with Crippen molar-refractivity contribution in [2.45, 2.75) is 5.41 Å². The van der Waals surface area contributed by atoms with E-state index in [9.17, 15) is 0 Å². The van der Waals surface area contributed by atoms with Gasteiger partial charge in [0.2, 0.25) is 0 Å².